The summed E-state index contributed by atoms with van der Waals surface area (Å²) in [5, 5.41) is 0.481. The van der Waals surface area contributed by atoms with E-state index < -0.39 is 0 Å². The van der Waals surface area contributed by atoms with E-state index in [-0.39, 0.29) is 30.5 Å². The van der Waals surface area contributed by atoms with Gasteiger partial charge < -0.3 is 19.1 Å². The lowest BCUT2D eigenvalue weighted by Gasteiger charge is -2.25. The molecule has 2 aliphatic heterocycles. The van der Waals surface area contributed by atoms with Crippen molar-refractivity contribution in [2.24, 2.45) is 0 Å². The van der Waals surface area contributed by atoms with Crippen LogP contribution in [-0.4, -0.2) is 62.9 Å². The first-order chi connectivity index (χ1) is 13.6. The highest BCUT2D eigenvalue weighted by atomic mass is 35.5. The van der Waals surface area contributed by atoms with Crippen LogP contribution in [0, 0.1) is 0 Å². The number of nitrogens with zero attached hydrogens (tertiary/aromatic N) is 4. The molecule has 0 bridgehead atoms. The molecule has 2 aliphatic rings. The summed E-state index contributed by atoms with van der Waals surface area (Å²) in [6, 6.07) is 7.15. The number of para-hydroxylation sites is 1. The van der Waals surface area contributed by atoms with Crippen molar-refractivity contribution in [3.63, 3.8) is 0 Å². The van der Waals surface area contributed by atoms with Crippen molar-refractivity contribution in [3.05, 3.63) is 48.0 Å². The third-order valence-electron chi connectivity index (χ3n) is 5.50. The fraction of sp³-hybridized carbons (Fsp3) is 0.450. The van der Waals surface area contributed by atoms with Gasteiger partial charge >= 0.3 is 0 Å². The first kappa shape index (κ1) is 18.8. The van der Waals surface area contributed by atoms with Crippen molar-refractivity contribution >= 4 is 23.4 Å². The van der Waals surface area contributed by atoms with Crippen LogP contribution in [0.1, 0.15) is 19.3 Å². The molecule has 2 atom stereocenters. The van der Waals surface area contributed by atoms with Gasteiger partial charge in [0.1, 0.15) is 5.75 Å². The highest BCUT2D eigenvalue weighted by Gasteiger charge is 2.47. The summed E-state index contributed by atoms with van der Waals surface area (Å²) in [6.45, 7) is 2.12. The molecule has 3 heterocycles. The zero-order valence-electron chi connectivity index (χ0n) is 15.5. The molecule has 0 unspecified atom stereocenters. The summed E-state index contributed by atoms with van der Waals surface area (Å²) >= 11 is 6.07. The minimum atomic E-state index is -0.0968. The maximum absolute atomic E-state index is 12.7. The number of carbonyl (C=O) groups excluding carboxylic acids is 2. The van der Waals surface area contributed by atoms with Crippen molar-refractivity contribution in [1.82, 2.24) is 19.4 Å². The lowest BCUT2D eigenvalue weighted by molar-refractivity contribution is -0.134. The van der Waals surface area contributed by atoms with Crippen LogP contribution in [0.2, 0.25) is 5.02 Å². The van der Waals surface area contributed by atoms with Crippen molar-refractivity contribution in [3.8, 4) is 5.75 Å². The van der Waals surface area contributed by atoms with Crippen molar-refractivity contribution in [1.29, 1.82) is 0 Å². The van der Waals surface area contributed by atoms with E-state index >= 15 is 0 Å². The number of hydrogen-bond donors (Lipinski definition) is 0. The highest BCUT2D eigenvalue weighted by Crippen LogP contribution is 2.33. The molecule has 7 nitrogen and oxygen atoms in total. The molecule has 1 aromatic heterocycles. The Kier molecular flexibility index (Phi) is 5.52. The molecule has 0 spiro atoms. The second kappa shape index (κ2) is 8.22. The predicted octanol–water partition coefficient (Wildman–Crippen LogP) is 2.21. The van der Waals surface area contributed by atoms with E-state index in [9.17, 15) is 9.59 Å². The third kappa shape index (κ3) is 3.85. The van der Waals surface area contributed by atoms with Crippen LogP contribution in [0.25, 0.3) is 0 Å². The number of fused-ring (bicyclic) bond motifs is 1. The molecule has 28 heavy (non-hydrogen) atoms. The van der Waals surface area contributed by atoms with Gasteiger partial charge in [0, 0.05) is 38.4 Å². The smallest absolute Gasteiger partial charge is 0.260 e. The quantitative estimate of drug-likeness (QED) is 0.712. The highest BCUT2D eigenvalue weighted by molar-refractivity contribution is 6.32. The number of benzene rings is 1. The lowest BCUT2D eigenvalue weighted by Crippen LogP contribution is -2.42. The molecule has 0 saturated carbocycles. The first-order valence-electron chi connectivity index (χ1n) is 9.55. The summed E-state index contributed by atoms with van der Waals surface area (Å²) in [5.74, 6) is 0.530. The Bertz CT molecular complexity index is 842. The topological polar surface area (TPSA) is 67.7 Å². The zero-order chi connectivity index (χ0) is 19.5. The van der Waals surface area contributed by atoms with Gasteiger partial charge in [0.2, 0.25) is 5.91 Å². The SMILES string of the molecule is O=C1C[C@H]2[C@H](CCN2C(=O)COc2ccccc2Cl)N1CCCn1ccnc1. The van der Waals surface area contributed by atoms with Crippen LogP contribution in [0.3, 0.4) is 0 Å². The Morgan fingerprint density at radius 1 is 1.25 bits per heavy atom. The van der Waals surface area contributed by atoms with E-state index in [1.54, 1.807) is 29.6 Å². The number of imidazole rings is 1. The molecular weight excluding hydrogens is 380 g/mol. The Balaban J connectivity index is 1.31. The number of amides is 2. The summed E-state index contributed by atoms with van der Waals surface area (Å²) in [6.07, 6.45) is 7.54. The lowest BCUT2D eigenvalue weighted by atomic mass is 10.1. The van der Waals surface area contributed by atoms with Crippen LogP contribution in [-0.2, 0) is 16.1 Å². The largest absolute Gasteiger partial charge is 0.482 e. The Hall–Kier alpha value is -2.54. The number of rotatable bonds is 7. The van der Waals surface area contributed by atoms with Crippen molar-refractivity contribution in [2.45, 2.75) is 37.9 Å². The molecule has 4 rings (SSSR count). The molecule has 1 aromatic carbocycles. The van der Waals surface area contributed by atoms with E-state index in [2.05, 4.69) is 4.98 Å². The Morgan fingerprint density at radius 3 is 2.89 bits per heavy atom. The summed E-state index contributed by atoms with van der Waals surface area (Å²) in [4.78, 5) is 32.9. The van der Waals surface area contributed by atoms with Gasteiger partial charge in [-0.1, -0.05) is 23.7 Å². The van der Waals surface area contributed by atoms with Gasteiger partial charge in [0.15, 0.2) is 6.61 Å². The summed E-state index contributed by atoms with van der Waals surface area (Å²) in [7, 11) is 0. The molecule has 2 saturated heterocycles. The molecule has 2 amide bonds. The van der Waals surface area contributed by atoms with Gasteiger partial charge in [0.05, 0.1) is 23.4 Å². The average molecular weight is 403 g/mol. The maximum atomic E-state index is 12.7. The van der Waals surface area contributed by atoms with Crippen LogP contribution in [0.5, 0.6) is 5.75 Å². The molecule has 2 aromatic rings. The van der Waals surface area contributed by atoms with Gasteiger partial charge in [-0.2, -0.15) is 0 Å². The number of carbonyl (C=O) groups is 2. The van der Waals surface area contributed by atoms with Gasteiger partial charge in [-0.3, -0.25) is 9.59 Å². The molecule has 8 heteroatoms. The molecule has 0 aliphatic carbocycles. The van der Waals surface area contributed by atoms with Crippen LogP contribution < -0.4 is 4.74 Å². The first-order valence-corrected chi connectivity index (χ1v) is 9.93. The van der Waals surface area contributed by atoms with Crippen molar-refractivity contribution < 1.29 is 14.3 Å². The summed E-state index contributed by atoms with van der Waals surface area (Å²) < 4.78 is 7.60. The third-order valence-corrected chi connectivity index (χ3v) is 5.81. The number of aryl methyl sites for hydroxylation is 1. The standard InChI is InChI=1S/C20H23ClN4O3/c21-15-4-1-2-5-18(15)28-13-20(27)25-10-6-16-17(25)12-19(26)24(16)9-3-8-23-11-7-22-14-23/h1-2,4-5,7,11,14,16-17H,3,6,8-10,12-13H2/t16-,17-/m0/s1. The van der Waals surface area contributed by atoms with E-state index in [4.69, 9.17) is 16.3 Å². The minimum Gasteiger partial charge on any atom is -0.482 e. The van der Waals surface area contributed by atoms with Crippen LogP contribution >= 0.6 is 11.6 Å². The van der Waals surface area contributed by atoms with Crippen LogP contribution in [0.15, 0.2) is 43.0 Å². The van der Waals surface area contributed by atoms with E-state index in [0.717, 1.165) is 19.4 Å². The van der Waals surface area contributed by atoms with Gasteiger partial charge in [-0.15, -0.1) is 0 Å². The molecule has 0 radical (unpaired) electrons. The Labute approximate surface area is 168 Å². The fourth-order valence-electron chi connectivity index (χ4n) is 4.16. The number of halogens is 1. The minimum absolute atomic E-state index is 0.0527. The predicted molar refractivity (Wildman–Crippen MR) is 104 cm³/mol. The zero-order valence-corrected chi connectivity index (χ0v) is 16.3. The van der Waals surface area contributed by atoms with Crippen LogP contribution in [0.4, 0.5) is 0 Å². The summed E-state index contributed by atoms with van der Waals surface area (Å²) in [5.41, 5.74) is 0. The second-order valence-corrected chi connectivity index (χ2v) is 7.58. The monoisotopic (exact) mass is 402 g/mol. The van der Waals surface area contributed by atoms with E-state index in [1.165, 1.54) is 0 Å². The molecular formula is C20H23ClN4O3. The van der Waals surface area contributed by atoms with Crippen molar-refractivity contribution in [2.75, 3.05) is 19.7 Å². The van der Waals surface area contributed by atoms with Gasteiger partial charge in [0.25, 0.3) is 5.91 Å². The van der Waals surface area contributed by atoms with E-state index in [1.807, 2.05) is 27.8 Å². The maximum Gasteiger partial charge on any atom is 0.260 e. The number of aromatic nitrogens is 2. The second-order valence-electron chi connectivity index (χ2n) is 7.17. The Morgan fingerprint density at radius 2 is 2.11 bits per heavy atom. The normalized spacial score (nSPS) is 21.2. The van der Waals surface area contributed by atoms with Gasteiger partial charge in [-0.05, 0) is 25.0 Å². The molecule has 0 N–H and O–H groups in total. The number of ether oxygens (including phenoxy) is 1. The molecule has 2 fully saturated rings. The average Bonchev–Trinajstić information content (AvgIpc) is 3.40. The number of hydrogen-bond acceptors (Lipinski definition) is 4. The van der Waals surface area contributed by atoms with E-state index in [0.29, 0.717) is 30.3 Å². The molecule has 148 valence electrons. The number of likely N-dealkylation sites (tertiary alicyclic amines) is 2. The van der Waals surface area contributed by atoms with Gasteiger partial charge in [-0.25, -0.2) is 4.98 Å². The fourth-order valence-corrected chi connectivity index (χ4v) is 4.35.